The van der Waals surface area contributed by atoms with Crippen LogP contribution in [0.3, 0.4) is 0 Å². The fourth-order valence-electron chi connectivity index (χ4n) is 0.857. The first-order valence-corrected chi connectivity index (χ1v) is 4.96. The minimum Gasteiger partial charge on any atom is -0.381 e. The van der Waals surface area contributed by atoms with Crippen molar-refractivity contribution in [3.8, 4) is 0 Å². The summed E-state index contributed by atoms with van der Waals surface area (Å²) in [6.45, 7) is 6.00. The summed E-state index contributed by atoms with van der Waals surface area (Å²) in [7, 11) is 0. The van der Waals surface area contributed by atoms with Crippen molar-refractivity contribution < 1.29 is 4.74 Å². The maximum absolute atomic E-state index is 5.92. The monoisotopic (exact) mass is 178 g/mol. The highest BCUT2D eigenvalue weighted by molar-refractivity contribution is 6.20. The van der Waals surface area contributed by atoms with Gasteiger partial charge in [0.05, 0.1) is 0 Å². The van der Waals surface area contributed by atoms with E-state index in [1.54, 1.807) is 0 Å². The van der Waals surface area contributed by atoms with E-state index in [9.17, 15) is 0 Å². The molecule has 68 valence electrons. The molecule has 0 bridgehead atoms. The van der Waals surface area contributed by atoms with Crippen molar-refractivity contribution >= 4 is 11.6 Å². The molecule has 0 spiro atoms. The smallest absolute Gasteiger partial charge is 0.0466 e. The van der Waals surface area contributed by atoms with Crippen molar-refractivity contribution in [3.05, 3.63) is 0 Å². The van der Waals surface area contributed by atoms with E-state index in [2.05, 4.69) is 13.8 Å². The van der Waals surface area contributed by atoms with Crippen LogP contribution in [0.25, 0.3) is 0 Å². The molecule has 0 heterocycles. The molecule has 0 aliphatic carbocycles. The molecule has 0 aromatic heterocycles. The van der Waals surface area contributed by atoms with Crippen molar-refractivity contribution in [1.82, 2.24) is 0 Å². The lowest BCUT2D eigenvalue weighted by Gasteiger charge is -2.05. The maximum Gasteiger partial charge on any atom is 0.0466 e. The molecular formula is C9H19ClO. The molecule has 0 rings (SSSR count). The van der Waals surface area contributed by atoms with E-state index in [4.69, 9.17) is 16.3 Å². The van der Waals surface area contributed by atoms with E-state index in [0.29, 0.717) is 5.38 Å². The Morgan fingerprint density at radius 3 is 2.55 bits per heavy atom. The van der Waals surface area contributed by atoms with Crippen LogP contribution in [0.15, 0.2) is 0 Å². The summed E-state index contributed by atoms with van der Waals surface area (Å²) in [5, 5.41) is 0.347. The molecular weight excluding hydrogens is 160 g/mol. The number of rotatable bonds is 7. The highest BCUT2D eigenvalue weighted by Gasteiger charge is 1.99. The summed E-state index contributed by atoms with van der Waals surface area (Å²) in [6.07, 6.45) is 4.36. The standard InChI is InChI=1S/C9H19ClO/c1-3-7-11-8-5-6-9(10)4-2/h9H,3-8H2,1-2H3. The predicted molar refractivity (Wildman–Crippen MR) is 50.3 cm³/mol. The number of hydrogen-bond donors (Lipinski definition) is 0. The molecule has 0 radical (unpaired) electrons. The molecule has 0 aliphatic rings. The molecule has 0 fully saturated rings. The second-order valence-electron chi connectivity index (χ2n) is 2.76. The number of hydrogen-bond acceptors (Lipinski definition) is 1. The van der Waals surface area contributed by atoms with Crippen LogP contribution in [-0.4, -0.2) is 18.6 Å². The lowest BCUT2D eigenvalue weighted by molar-refractivity contribution is 0.131. The third kappa shape index (κ3) is 8.15. The molecule has 1 atom stereocenters. The Morgan fingerprint density at radius 1 is 1.27 bits per heavy atom. The van der Waals surface area contributed by atoms with Gasteiger partial charge in [0.15, 0.2) is 0 Å². The van der Waals surface area contributed by atoms with Gasteiger partial charge in [-0.05, 0) is 25.7 Å². The third-order valence-electron chi connectivity index (χ3n) is 1.60. The second kappa shape index (κ2) is 8.35. The molecule has 0 N–H and O–H groups in total. The largest absolute Gasteiger partial charge is 0.381 e. The molecule has 0 saturated heterocycles. The molecule has 1 unspecified atom stereocenters. The molecule has 1 nitrogen and oxygen atoms in total. The van der Waals surface area contributed by atoms with Gasteiger partial charge in [-0.2, -0.15) is 0 Å². The van der Waals surface area contributed by atoms with Gasteiger partial charge in [0, 0.05) is 18.6 Å². The summed E-state index contributed by atoms with van der Waals surface area (Å²) < 4.78 is 5.32. The SMILES string of the molecule is CCCOCCCC(Cl)CC. The number of alkyl halides is 1. The van der Waals surface area contributed by atoms with Crippen LogP contribution in [0.4, 0.5) is 0 Å². The van der Waals surface area contributed by atoms with E-state index >= 15 is 0 Å². The van der Waals surface area contributed by atoms with Crippen molar-refractivity contribution in [2.45, 2.75) is 44.9 Å². The number of ether oxygens (including phenoxy) is 1. The average Bonchev–Trinajstić information content (AvgIpc) is 2.04. The Hall–Kier alpha value is 0.250. The first kappa shape index (κ1) is 11.2. The fourth-order valence-corrected chi connectivity index (χ4v) is 1.01. The maximum atomic E-state index is 5.92. The first-order valence-electron chi connectivity index (χ1n) is 4.53. The molecule has 0 aliphatic heterocycles. The lowest BCUT2D eigenvalue weighted by atomic mass is 10.2. The Balaban J connectivity index is 2.89. The topological polar surface area (TPSA) is 9.23 Å². The zero-order valence-corrected chi connectivity index (χ0v) is 8.36. The molecule has 0 aromatic rings. The van der Waals surface area contributed by atoms with Gasteiger partial charge >= 0.3 is 0 Å². The molecule has 2 heteroatoms. The van der Waals surface area contributed by atoms with Crippen molar-refractivity contribution in [1.29, 1.82) is 0 Å². The van der Waals surface area contributed by atoms with Gasteiger partial charge in [0.2, 0.25) is 0 Å². The van der Waals surface area contributed by atoms with E-state index in [0.717, 1.165) is 38.9 Å². The Kier molecular flexibility index (Phi) is 8.54. The van der Waals surface area contributed by atoms with Crippen molar-refractivity contribution in [3.63, 3.8) is 0 Å². The molecule has 0 amide bonds. The quantitative estimate of drug-likeness (QED) is 0.430. The summed E-state index contributed by atoms with van der Waals surface area (Å²) in [6, 6.07) is 0. The van der Waals surface area contributed by atoms with Crippen LogP contribution < -0.4 is 0 Å². The predicted octanol–water partition coefficient (Wildman–Crippen LogP) is 3.21. The molecule has 0 aromatic carbocycles. The Morgan fingerprint density at radius 2 is 2.00 bits per heavy atom. The van der Waals surface area contributed by atoms with Gasteiger partial charge in [-0.25, -0.2) is 0 Å². The van der Waals surface area contributed by atoms with Gasteiger partial charge in [-0.15, -0.1) is 11.6 Å². The minimum absolute atomic E-state index is 0.347. The van der Waals surface area contributed by atoms with Crippen LogP contribution in [0.1, 0.15) is 39.5 Å². The van der Waals surface area contributed by atoms with Gasteiger partial charge in [-0.1, -0.05) is 13.8 Å². The third-order valence-corrected chi connectivity index (χ3v) is 2.12. The zero-order chi connectivity index (χ0) is 8.53. The van der Waals surface area contributed by atoms with Crippen molar-refractivity contribution in [2.75, 3.05) is 13.2 Å². The van der Waals surface area contributed by atoms with Gasteiger partial charge < -0.3 is 4.74 Å². The molecule has 0 saturated carbocycles. The van der Waals surface area contributed by atoms with E-state index in [1.807, 2.05) is 0 Å². The normalized spacial score (nSPS) is 13.4. The van der Waals surface area contributed by atoms with Gasteiger partial charge in [0.25, 0.3) is 0 Å². The highest BCUT2D eigenvalue weighted by atomic mass is 35.5. The van der Waals surface area contributed by atoms with E-state index in [-0.39, 0.29) is 0 Å². The average molecular weight is 179 g/mol. The van der Waals surface area contributed by atoms with Crippen LogP contribution in [-0.2, 0) is 4.74 Å². The zero-order valence-electron chi connectivity index (χ0n) is 7.61. The van der Waals surface area contributed by atoms with Gasteiger partial charge in [0.1, 0.15) is 0 Å². The number of halogens is 1. The van der Waals surface area contributed by atoms with Crippen LogP contribution in [0.2, 0.25) is 0 Å². The Bertz CT molecular complexity index is 76.0. The summed E-state index contributed by atoms with van der Waals surface area (Å²) >= 11 is 5.92. The van der Waals surface area contributed by atoms with Crippen LogP contribution in [0, 0.1) is 0 Å². The summed E-state index contributed by atoms with van der Waals surface area (Å²) in [5.41, 5.74) is 0. The first-order chi connectivity index (χ1) is 5.31. The molecule has 11 heavy (non-hydrogen) atoms. The van der Waals surface area contributed by atoms with E-state index in [1.165, 1.54) is 0 Å². The minimum atomic E-state index is 0.347. The van der Waals surface area contributed by atoms with Crippen LogP contribution >= 0.6 is 11.6 Å². The Labute approximate surface area is 75.1 Å². The van der Waals surface area contributed by atoms with Gasteiger partial charge in [-0.3, -0.25) is 0 Å². The van der Waals surface area contributed by atoms with Crippen molar-refractivity contribution in [2.24, 2.45) is 0 Å². The summed E-state index contributed by atoms with van der Waals surface area (Å²) in [5.74, 6) is 0. The van der Waals surface area contributed by atoms with E-state index < -0.39 is 0 Å². The lowest BCUT2D eigenvalue weighted by Crippen LogP contribution is -2.01. The second-order valence-corrected chi connectivity index (χ2v) is 3.38. The summed E-state index contributed by atoms with van der Waals surface area (Å²) in [4.78, 5) is 0. The fraction of sp³-hybridized carbons (Fsp3) is 1.00. The highest BCUT2D eigenvalue weighted by Crippen LogP contribution is 2.08. The van der Waals surface area contributed by atoms with Crippen LogP contribution in [0.5, 0.6) is 0 Å².